The number of hydrogen-bond donors (Lipinski definition) is 0. The van der Waals surface area contributed by atoms with Crippen molar-refractivity contribution in [3.8, 4) is 16.9 Å². The molecule has 2 amide bonds. The number of carbonyl (C=O) groups excluding carboxylic acids is 2. The van der Waals surface area contributed by atoms with Crippen molar-refractivity contribution < 1.29 is 19.4 Å². The molecule has 30 heavy (non-hydrogen) atoms. The van der Waals surface area contributed by atoms with Crippen molar-refractivity contribution in [1.82, 2.24) is 9.80 Å². The summed E-state index contributed by atoms with van der Waals surface area (Å²) in [5.74, 6) is 0.692. The minimum Gasteiger partial charge on any atom is -0.339 e. The molecule has 4 rings (SSSR count). The van der Waals surface area contributed by atoms with Gasteiger partial charge in [0.05, 0.1) is 6.61 Å². The van der Waals surface area contributed by atoms with Gasteiger partial charge < -0.3 is 14.7 Å². The van der Waals surface area contributed by atoms with Crippen LogP contribution < -0.4 is 4.89 Å². The van der Waals surface area contributed by atoms with Crippen LogP contribution in [-0.2, 0) is 20.9 Å². The summed E-state index contributed by atoms with van der Waals surface area (Å²) in [7, 11) is 0. The van der Waals surface area contributed by atoms with Gasteiger partial charge in [0.15, 0.2) is 5.75 Å². The van der Waals surface area contributed by atoms with Crippen LogP contribution in [-0.4, -0.2) is 54.4 Å². The number of carbonyl (C=O) groups is 2. The topological polar surface area (TPSA) is 59.1 Å². The lowest BCUT2D eigenvalue weighted by atomic mass is 9.96. The molecular weight excluding hydrogens is 404 g/mol. The summed E-state index contributed by atoms with van der Waals surface area (Å²) in [4.78, 5) is 37.9. The molecule has 0 unspecified atom stereocenters. The first-order valence-electron chi connectivity index (χ1n) is 9.97. The van der Waals surface area contributed by atoms with Crippen molar-refractivity contribution in [3.05, 3.63) is 58.6 Å². The summed E-state index contributed by atoms with van der Waals surface area (Å²) in [5.41, 5.74) is 3.77. The number of rotatable bonds is 3. The van der Waals surface area contributed by atoms with Crippen molar-refractivity contribution in [2.75, 3.05) is 32.8 Å². The third kappa shape index (κ3) is 4.35. The zero-order valence-corrected chi connectivity index (χ0v) is 17.5. The van der Waals surface area contributed by atoms with Crippen molar-refractivity contribution in [2.24, 2.45) is 0 Å². The van der Waals surface area contributed by atoms with E-state index in [9.17, 15) is 9.59 Å². The van der Waals surface area contributed by atoms with Crippen LogP contribution in [0.2, 0.25) is 5.02 Å². The lowest BCUT2D eigenvalue weighted by molar-refractivity contribution is -0.215. The van der Waals surface area contributed by atoms with Crippen LogP contribution in [0, 0.1) is 0 Å². The zero-order valence-electron chi connectivity index (χ0n) is 16.8. The normalized spacial score (nSPS) is 16.3. The predicted molar refractivity (Wildman–Crippen MR) is 115 cm³/mol. The number of fused-ring (bicyclic) bond motifs is 1. The molecule has 2 aromatic rings. The van der Waals surface area contributed by atoms with E-state index >= 15 is 0 Å². The Labute approximate surface area is 180 Å². The van der Waals surface area contributed by atoms with Gasteiger partial charge in [-0.1, -0.05) is 29.8 Å². The number of halogens is 1. The fourth-order valence-electron chi connectivity index (χ4n) is 3.76. The second-order valence-electron chi connectivity index (χ2n) is 7.35. The highest BCUT2D eigenvalue weighted by Gasteiger charge is 2.21. The molecule has 1 fully saturated rings. The Morgan fingerprint density at radius 3 is 2.60 bits per heavy atom. The van der Waals surface area contributed by atoms with E-state index in [-0.39, 0.29) is 11.8 Å². The Kier molecular flexibility index (Phi) is 6.06. The molecule has 2 aromatic carbocycles. The van der Waals surface area contributed by atoms with Crippen molar-refractivity contribution in [3.63, 3.8) is 0 Å². The molecule has 0 N–H and O–H groups in total. The highest BCUT2D eigenvalue weighted by molar-refractivity contribution is 6.33. The maximum absolute atomic E-state index is 12.6. The molecule has 2 heterocycles. The molecule has 0 aliphatic carbocycles. The van der Waals surface area contributed by atoms with E-state index in [2.05, 4.69) is 6.07 Å². The Bertz CT molecular complexity index is 997. The van der Waals surface area contributed by atoms with Crippen LogP contribution in [0.1, 0.15) is 18.1 Å². The highest BCUT2D eigenvalue weighted by atomic mass is 35.5. The van der Waals surface area contributed by atoms with Gasteiger partial charge in [-0.05, 0) is 35.4 Å². The molecule has 0 atom stereocenters. The number of piperazine rings is 1. The van der Waals surface area contributed by atoms with Gasteiger partial charge in [-0.2, -0.15) is 4.89 Å². The van der Waals surface area contributed by atoms with Gasteiger partial charge in [-0.15, -0.1) is 0 Å². The lowest BCUT2D eigenvalue weighted by Crippen LogP contribution is -2.49. The standard InChI is InChI=1S/C23H23ClN2O4/c1-16(27)25-10-12-26(13-11-25)22(28)8-6-17-3-2-4-20(24)23(17)19-5-7-21-18(15-19)9-14-29-30-21/h2-8,15H,9-14H2,1H3/b8-6+. The molecule has 0 saturated carbocycles. The van der Waals surface area contributed by atoms with Gasteiger partial charge in [0.2, 0.25) is 11.8 Å². The van der Waals surface area contributed by atoms with Crippen LogP contribution in [0.15, 0.2) is 42.5 Å². The fraction of sp³-hybridized carbons (Fsp3) is 0.304. The molecule has 0 aromatic heterocycles. The second-order valence-corrected chi connectivity index (χ2v) is 7.75. The molecule has 1 saturated heterocycles. The van der Waals surface area contributed by atoms with E-state index in [0.717, 1.165) is 28.7 Å². The minimum atomic E-state index is -0.0693. The van der Waals surface area contributed by atoms with Crippen LogP contribution in [0.3, 0.4) is 0 Å². The molecule has 6 nitrogen and oxygen atoms in total. The third-order valence-electron chi connectivity index (χ3n) is 5.44. The van der Waals surface area contributed by atoms with Gasteiger partial charge >= 0.3 is 0 Å². The first-order chi connectivity index (χ1) is 14.5. The minimum absolute atomic E-state index is 0.0447. The van der Waals surface area contributed by atoms with Gasteiger partial charge in [0.1, 0.15) is 0 Å². The van der Waals surface area contributed by atoms with Crippen molar-refractivity contribution in [2.45, 2.75) is 13.3 Å². The maximum atomic E-state index is 12.6. The first kappa shape index (κ1) is 20.4. The van der Waals surface area contributed by atoms with E-state index in [4.69, 9.17) is 21.4 Å². The molecule has 2 aliphatic rings. The SMILES string of the molecule is CC(=O)N1CCN(C(=O)/C=C/c2cccc(Cl)c2-c2ccc3c(c2)CCOO3)CC1. The van der Waals surface area contributed by atoms with E-state index in [1.165, 1.54) is 0 Å². The quantitative estimate of drug-likeness (QED) is 0.556. The number of amides is 2. The van der Waals surface area contributed by atoms with Crippen molar-refractivity contribution in [1.29, 1.82) is 0 Å². The molecule has 0 radical (unpaired) electrons. The molecule has 0 bridgehead atoms. The van der Waals surface area contributed by atoms with Crippen LogP contribution in [0.4, 0.5) is 0 Å². The Hall–Kier alpha value is -2.83. The summed E-state index contributed by atoms with van der Waals surface area (Å²) < 4.78 is 0. The van der Waals surface area contributed by atoms with Crippen LogP contribution >= 0.6 is 11.6 Å². The Morgan fingerprint density at radius 2 is 1.83 bits per heavy atom. The van der Waals surface area contributed by atoms with Gasteiger partial charge in [0, 0.05) is 61.7 Å². The smallest absolute Gasteiger partial charge is 0.246 e. The average molecular weight is 427 g/mol. The Balaban J connectivity index is 1.55. The van der Waals surface area contributed by atoms with Gasteiger partial charge in [0.25, 0.3) is 0 Å². The lowest BCUT2D eigenvalue weighted by Gasteiger charge is -2.33. The van der Waals surface area contributed by atoms with Crippen LogP contribution in [0.5, 0.6) is 5.75 Å². The molecular formula is C23H23ClN2O4. The third-order valence-corrected chi connectivity index (χ3v) is 5.76. The maximum Gasteiger partial charge on any atom is 0.246 e. The average Bonchev–Trinajstić information content (AvgIpc) is 2.77. The van der Waals surface area contributed by atoms with E-state index in [1.54, 1.807) is 28.9 Å². The summed E-state index contributed by atoms with van der Waals surface area (Å²) >= 11 is 6.53. The zero-order chi connectivity index (χ0) is 21.1. The second kappa shape index (κ2) is 8.90. The monoisotopic (exact) mass is 426 g/mol. The predicted octanol–water partition coefficient (Wildman–Crippen LogP) is 3.58. The number of hydrogen-bond acceptors (Lipinski definition) is 4. The van der Waals surface area contributed by atoms with E-state index in [0.29, 0.717) is 43.6 Å². The Morgan fingerprint density at radius 1 is 1.07 bits per heavy atom. The number of nitrogens with zero attached hydrogens (tertiary/aromatic N) is 2. The first-order valence-corrected chi connectivity index (χ1v) is 10.3. The van der Waals surface area contributed by atoms with Crippen LogP contribution in [0.25, 0.3) is 17.2 Å². The molecule has 7 heteroatoms. The van der Waals surface area contributed by atoms with Gasteiger partial charge in [-0.3, -0.25) is 9.59 Å². The van der Waals surface area contributed by atoms with Crippen molar-refractivity contribution >= 4 is 29.5 Å². The largest absolute Gasteiger partial charge is 0.339 e. The molecule has 0 spiro atoms. The molecule has 2 aliphatic heterocycles. The summed E-state index contributed by atoms with van der Waals surface area (Å²) in [6.45, 7) is 4.28. The van der Waals surface area contributed by atoms with Gasteiger partial charge in [-0.25, -0.2) is 0 Å². The molecule has 156 valence electrons. The fourth-order valence-corrected chi connectivity index (χ4v) is 4.05. The summed E-state index contributed by atoms with van der Waals surface area (Å²) in [6.07, 6.45) is 4.15. The van der Waals surface area contributed by atoms with E-state index < -0.39 is 0 Å². The summed E-state index contributed by atoms with van der Waals surface area (Å²) in [6, 6.07) is 11.5. The van der Waals surface area contributed by atoms with E-state index in [1.807, 2.05) is 30.3 Å². The summed E-state index contributed by atoms with van der Waals surface area (Å²) in [5, 5.41) is 0.618. The number of benzene rings is 2. The highest BCUT2D eigenvalue weighted by Crippen LogP contribution is 2.36.